The summed E-state index contributed by atoms with van der Waals surface area (Å²) < 4.78 is 0. The highest BCUT2D eigenvalue weighted by Crippen LogP contribution is 2.21. The molecule has 0 aliphatic heterocycles. The summed E-state index contributed by atoms with van der Waals surface area (Å²) in [5.41, 5.74) is 1.89. The number of fused-ring (bicyclic) bond motifs is 1. The fraction of sp³-hybridized carbons (Fsp3) is 0. The van der Waals surface area contributed by atoms with E-state index in [-0.39, 0.29) is 0 Å². The second kappa shape index (κ2) is 3.03. The lowest BCUT2D eigenvalue weighted by Gasteiger charge is -1.96. The number of hydrogen-bond donors (Lipinski definition) is 2. The number of aromatic amines is 2. The van der Waals surface area contributed by atoms with Crippen molar-refractivity contribution in [2.75, 3.05) is 0 Å². The molecule has 3 aromatic heterocycles. The summed E-state index contributed by atoms with van der Waals surface area (Å²) in [4.78, 5) is 8.37. The van der Waals surface area contributed by atoms with Gasteiger partial charge in [0.25, 0.3) is 0 Å². The predicted octanol–water partition coefficient (Wildman–Crippen LogP) is 1.40. The van der Waals surface area contributed by atoms with Crippen LogP contribution in [0.25, 0.3) is 22.6 Å². The number of halogens is 1. The molecular weight excluding hydrogens is 216 g/mol. The van der Waals surface area contributed by atoms with Gasteiger partial charge in [-0.1, -0.05) is 11.6 Å². The molecule has 0 aromatic carbocycles. The summed E-state index contributed by atoms with van der Waals surface area (Å²) in [5.74, 6) is 0.482. The molecule has 3 heterocycles. The maximum atomic E-state index is 5.95. The molecule has 6 nitrogen and oxygen atoms in total. The molecule has 0 bridgehead atoms. The zero-order chi connectivity index (χ0) is 10.3. The average molecular weight is 221 g/mol. The Bertz CT molecular complexity index is 599. The highest BCUT2D eigenvalue weighted by atomic mass is 35.5. The summed E-state index contributed by atoms with van der Waals surface area (Å²) in [6.07, 6.45) is 3.37. The Labute approximate surface area is 88.7 Å². The summed E-state index contributed by atoms with van der Waals surface area (Å²) in [5, 5.41) is 13.6. The van der Waals surface area contributed by atoms with E-state index >= 15 is 0 Å². The van der Waals surface area contributed by atoms with Crippen LogP contribution in [0.2, 0.25) is 5.15 Å². The maximum absolute atomic E-state index is 5.95. The van der Waals surface area contributed by atoms with Gasteiger partial charge in [0.05, 0.1) is 0 Å². The third kappa shape index (κ3) is 1.26. The van der Waals surface area contributed by atoms with Gasteiger partial charge in [-0.3, -0.25) is 10.2 Å². The van der Waals surface area contributed by atoms with E-state index in [0.717, 1.165) is 0 Å². The fourth-order valence-electron chi connectivity index (χ4n) is 1.31. The van der Waals surface area contributed by atoms with E-state index in [2.05, 4.69) is 30.4 Å². The van der Waals surface area contributed by atoms with Crippen molar-refractivity contribution in [3.63, 3.8) is 0 Å². The van der Waals surface area contributed by atoms with Crippen LogP contribution in [0.15, 0.2) is 18.5 Å². The molecule has 3 rings (SSSR count). The molecule has 15 heavy (non-hydrogen) atoms. The van der Waals surface area contributed by atoms with Gasteiger partial charge in [0.1, 0.15) is 16.7 Å². The largest absolute Gasteiger partial charge is 0.285 e. The maximum Gasteiger partial charge on any atom is 0.182 e. The molecule has 0 fully saturated rings. The molecule has 0 spiro atoms. The van der Waals surface area contributed by atoms with Gasteiger partial charge in [-0.05, 0) is 6.07 Å². The molecule has 0 amide bonds. The van der Waals surface area contributed by atoms with Crippen molar-refractivity contribution in [1.82, 2.24) is 30.4 Å². The minimum Gasteiger partial charge on any atom is -0.285 e. The zero-order valence-electron chi connectivity index (χ0n) is 7.40. The first kappa shape index (κ1) is 8.37. The van der Waals surface area contributed by atoms with Gasteiger partial charge < -0.3 is 0 Å². The molecule has 2 N–H and O–H groups in total. The van der Waals surface area contributed by atoms with E-state index in [1.807, 2.05) is 0 Å². The van der Waals surface area contributed by atoms with Gasteiger partial charge in [0.15, 0.2) is 11.0 Å². The van der Waals surface area contributed by atoms with Crippen LogP contribution < -0.4 is 0 Å². The smallest absolute Gasteiger partial charge is 0.182 e. The first-order chi connectivity index (χ1) is 7.34. The molecular formula is C8H5ClN6. The highest BCUT2D eigenvalue weighted by Gasteiger charge is 2.10. The second-order valence-corrected chi connectivity index (χ2v) is 3.27. The normalized spacial score (nSPS) is 11.0. The Morgan fingerprint density at radius 1 is 1.13 bits per heavy atom. The number of rotatable bonds is 1. The van der Waals surface area contributed by atoms with Gasteiger partial charge in [0.2, 0.25) is 0 Å². The first-order valence-electron chi connectivity index (χ1n) is 4.22. The number of nitrogens with one attached hydrogen (secondary N) is 2. The molecule has 0 saturated carbocycles. The molecule has 0 unspecified atom stereocenters. The van der Waals surface area contributed by atoms with E-state index in [1.54, 1.807) is 18.5 Å². The molecule has 0 saturated heterocycles. The molecule has 0 aliphatic rings. The lowest BCUT2D eigenvalue weighted by atomic mass is 10.4. The third-order valence-corrected chi connectivity index (χ3v) is 2.24. The van der Waals surface area contributed by atoms with E-state index in [1.165, 1.54) is 0 Å². The highest BCUT2D eigenvalue weighted by molar-refractivity contribution is 6.33. The van der Waals surface area contributed by atoms with Crippen molar-refractivity contribution in [2.24, 2.45) is 0 Å². The Hall–Kier alpha value is -1.95. The van der Waals surface area contributed by atoms with Crippen LogP contribution in [-0.4, -0.2) is 30.4 Å². The van der Waals surface area contributed by atoms with Crippen molar-refractivity contribution < 1.29 is 0 Å². The minimum atomic E-state index is 0.319. The van der Waals surface area contributed by atoms with Crippen molar-refractivity contribution in [1.29, 1.82) is 0 Å². The standard InChI is InChI=1S/C8H5ClN6/c9-7-6-5(3-11-15-6)12-8(13-7)4-1-2-10-14-4/h1-3H,(H,10,14)(H,11,15). The van der Waals surface area contributed by atoms with Gasteiger partial charge in [-0.15, -0.1) is 0 Å². The van der Waals surface area contributed by atoms with Crippen LogP contribution in [0.5, 0.6) is 0 Å². The molecule has 7 heteroatoms. The van der Waals surface area contributed by atoms with Crippen LogP contribution >= 0.6 is 11.6 Å². The van der Waals surface area contributed by atoms with Gasteiger partial charge in [-0.2, -0.15) is 10.2 Å². The first-order valence-corrected chi connectivity index (χ1v) is 4.59. The van der Waals surface area contributed by atoms with Crippen LogP contribution in [0.4, 0.5) is 0 Å². The zero-order valence-corrected chi connectivity index (χ0v) is 8.15. The monoisotopic (exact) mass is 220 g/mol. The molecule has 0 atom stereocenters. The average Bonchev–Trinajstić information content (AvgIpc) is 2.88. The lowest BCUT2D eigenvalue weighted by Crippen LogP contribution is -1.90. The van der Waals surface area contributed by atoms with E-state index < -0.39 is 0 Å². The number of hydrogen-bond acceptors (Lipinski definition) is 4. The quantitative estimate of drug-likeness (QED) is 0.607. The van der Waals surface area contributed by atoms with E-state index in [4.69, 9.17) is 11.6 Å². The molecule has 3 aromatic rings. The van der Waals surface area contributed by atoms with Crippen molar-refractivity contribution in [2.45, 2.75) is 0 Å². The summed E-state index contributed by atoms with van der Waals surface area (Å²) in [6, 6.07) is 1.78. The Morgan fingerprint density at radius 2 is 2.07 bits per heavy atom. The summed E-state index contributed by atoms with van der Waals surface area (Å²) >= 11 is 5.95. The molecule has 0 aliphatic carbocycles. The predicted molar refractivity (Wildman–Crippen MR) is 54.3 cm³/mol. The van der Waals surface area contributed by atoms with Crippen LogP contribution in [0.1, 0.15) is 0 Å². The topological polar surface area (TPSA) is 83.1 Å². The van der Waals surface area contributed by atoms with Crippen LogP contribution in [0.3, 0.4) is 0 Å². The van der Waals surface area contributed by atoms with Crippen LogP contribution in [-0.2, 0) is 0 Å². The SMILES string of the molecule is Clc1nc(-c2cc[nH]n2)nc2c[nH]nc12. The van der Waals surface area contributed by atoms with Gasteiger partial charge in [-0.25, -0.2) is 9.97 Å². The fourth-order valence-corrected chi connectivity index (χ4v) is 1.52. The van der Waals surface area contributed by atoms with E-state index in [0.29, 0.717) is 27.7 Å². The Balaban J connectivity index is 2.29. The molecule has 74 valence electrons. The summed E-state index contributed by atoms with van der Waals surface area (Å²) in [7, 11) is 0. The summed E-state index contributed by atoms with van der Waals surface area (Å²) in [6.45, 7) is 0. The number of H-pyrrole nitrogens is 2. The van der Waals surface area contributed by atoms with Gasteiger partial charge >= 0.3 is 0 Å². The van der Waals surface area contributed by atoms with Crippen molar-refractivity contribution >= 4 is 22.6 Å². The minimum absolute atomic E-state index is 0.319. The van der Waals surface area contributed by atoms with Crippen LogP contribution in [0, 0.1) is 0 Å². The number of nitrogens with zero attached hydrogens (tertiary/aromatic N) is 4. The van der Waals surface area contributed by atoms with E-state index in [9.17, 15) is 0 Å². The second-order valence-electron chi connectivity index (χ2n) is 2.92. The van der Waals surface area contributed by atoms with Crippen molar-refractivity contribution in [3.8, 4) is 11.5 Å². The number of aromatic nitrogens is 6. The Morgan fingerprint density at radius 3 is 2.87 bits per heavy atom. The van der Waals surface area contributed by atoms with Gasteiger partial charge in [0, 0.05) is 12.4 Å². The lowest BCUT2D eigenvalue weighted by molar-refractivity contribution is 1.07. The molecule has 0 radical (unpaired) electrons. The third-order valence-electron chi connectivity index (χ3n) is 1.98. The van der Waals surface area contributed by atoms with Crippen molar-refractivity contribution in [3.05, 3.63) is 23.6 Å². The Kier molecular flexibility index (Phi) is 1.69.